The Morgan fingerprint density at radius 3 is 2.26 bits per heavy atom. The fourth-order valence-electron chi connectivity index (χ4n) is 3.79. The molecule has 3 aromatic carbocycles. The van der Waals surface area contributed by atoms with Gasteiger partial charge in [0.2, 0.25) is 5.91 Å². The summed E-state index contributed by atoms with van der Waals surface area (Å²) < 4.78 is 0. The molecule has 1 amide bonds. The van der Waals surface area contributed by atoms with Crippen molar-refractivity contribution in [2.24, 2.45) is 0 Å². The van der Waals surface area contributed by atoms with Gasteiger partial charge in [0, 0.05) is 21.8 Å². The minimum atomic E-state index is -0.474. The predicted octanol–water partition coefficient (Wildman–Crippen LogP) is 7.68. The van der Waals surface area contributed by atoms with Crippen molar-refractivity contribution in [3.05, 3.63) is 101 Å². The fraction of sp³-hybridized carbons (Fsp3) is 0.138. The van der Waals surface area contributed by atoms with Crippen molar-refractivity contribution in [3.63, 3.8) is 0 Å². The first kappa shape index (κ1) is 24.5. The molecule has 4 rings (SSSR count). The number of amides is 1. The molecule has 4 aromatic rings. The van der Waals surface area contributed by atoms with Crippen molar-refractivity contribution in [2.75, 3.05) is 5.32 Å². The van der Waals surface area contributed by atoms with Gasteiger partial charge in [0.25, 0.3) is 0 Å². The van der Waals surface area contributed by atoms with E-state index in [4.69, 9.17) is 16.6 Å². The average molecular weight is 498 g/mol. The molecule has 0 unspecified atom stereocenters. The molecule has 0 fully saturated rings. The molecule has 0 saturated carbocycles. The van der Waals surface area contributed by atoms with Gasteiger partial charge in [0.1, 0.15) is 11.1 Å². The van der Waals surface area contributed by atoms with Crippen LogP contribution in [0.2, 0.25) is 5.02 Å². The number of carbonyl (C=O) groups is 1. The van der Waals surface area contributed by atoms with Crippen molar-refractivity contribution in [1.29, 1.82) is 5.26 Å². The van der Waals surface area contributed by atoms with E-state index in [1.54, 1.807) is 0 Å². The molecule has 1 atom stereocenters. The molecule has 0 saturated heterocycles. The third kappa shape index (κ3) is 5.57. The SMILES string of the molecule is Cc1cccc(C)c1NC(=O)[C@@H](C)Sc1nc(-c2ccc(Cl)cc2)cc(-c2ccccc2)c1C#N. The first-order chi connectivity index (χ1) is 16.9. The summed E-state index contributed by atoms with van der Waals surface area (Å²) in [7, 11) is 0. The quantitative estimate of drug-likeness (QED) is 0.277. The number of nitrogens with zero attached hydrogens (tertiary/aromatic N) is 2. The normalized spacial score (nSPS) is 11.5. The van der Waals surface area contributed by atoms with Crippen LogP contribution in [-0.4, -0.2) is 16.1 Å². The lowest BCUT2D eigenvalue weighted by atomic mass is 9.99. The summed E-state index contributed by atoms with van der Waals surface area (Å²) in [6, 6.07) is 27.3. The maximum absolute atomic E-state index is 13.1. The third-order valence-corrected chi connectivity index (χ3v) is 7.05. The summed E-state index contributed by atoms with van der Waals surface area (Å²) in [5.41, 5.74) is 6.55. The monoisotopic (exact) mass is 497 g/mol. The summed E-state index contributed by atoms with van der Waals surface area (Å²) >= 11 is 7.37. The molecule has 0 aliphatic carbocycles. The van der Waals surface area contributed by atoms with E-state index in [0.717, 1.165) is 33.5 Å². The summed E-state index contributed by atoms with van der Waals surface area (Å²) in [4.78, 5) is 17.9. The van der Waals surface area contributed by atoms with Crippen LogP contribution in [0.5, 0.6) is 0 Å². The lowest BCUT2D eigenvalue weighted by Crippen LogP contribution is -2.23. The molecule has 4 nitrogen and oxygen atoms in total. The van der Waals surface area contributed by atoms with E-state index in [1.165, 1.54) is 11.8 Å². The van der Waals surface area contributed by atoms with E-state index in [9.17, 15) is 10.1 Å². The molecule has 0 aliphatic heterocycles. The van der Waals surface area contributed by atoms with Crippen LogP contribution in [0.4, 0.5) is 5.69 Å². The lowest BCUT2D eigenvalue weighted by molar-refractivity contribution is -0.115. The van der Waals surface area contributed by atoms with Crippen LogP contribution in [0.1, 0.15) is 23.6 Å². The van der Waals surface area contributed by atoms with E-state index in [1.807, 2.05) is 99.6 Å². The van der Waals surface area contributed by atoms with Gasteiger partial charge in [0.15, 0.2) is 0 Å². The number of benzene rings is 3. The number of rotatable bonds is 6. The zero-order chi connectivity index (χ0) is 24.9. The maximum Gasteiger partial charge on any atom is 0.237 e. The molecule has 0 spiro atoms. The zero-order valence-electron chi connectivity index (χ0n) is 19.7. The van der Waals surface area contributed by atoms with E-state index < -0.39 is 5.25 Å². The van der Waals surface area contributed by atoms with Crippen LogP contribution < -0.4 is 5.32 Å². The number of pyridine rings is 1. The van der Waals surface area contributed by atoms with Crippen molar-refractivity contribution in [1.82, 2.24) is 4.98 Å². The van der Waals surface area contributed by atoms with E-state index in [-0.39, 0.29) is 5.91 Å². The van der Waals surface area contributed by atoms with Gasteiger partial charge in [-0.15, -0.1) is 0 Å². The van der Waals surface area contributed by atoms with Crippen molar-refractivity contribution in [2.45, 2.75) is 31.0 Å². The number of nitrogens with one attached hydrogen (secondary N) is 1. The molecule has 0 aliphatic rings. The molecule has 6 heteroatoms. The topological polar surface area (TPSA) is 65.8 Å². The number of nitriles is 1. The molecule has 1 heterocycles. The Morgan fingerprint density at radius 2 is 1.63 bits per heavy atom. The second kappa shape index (κ2) is 10.8. The Bertz CT molecular complexity index is 1390. The second-order valence-corrected chi connectivity index (χ2v) is 10.0. The Morgan fingerprint density at radius 1 is 0.971 bits per heavy atom. The third-order valence-electron chi connectivity index (χ3n) is 5.71. The Kier molecular flexibility index (Phi) is 7.55. The minimum absolute atomic E-state index is 0.142. The molecule has 35 heavy (non-hydrogen) atoms. The smallest absolute Gasteiger partial charge is 0.237 e. The first-order valence-corrected chi connectivity index (χ1v) is 12.4. The molecular weight excluding hydrogens is 474 g/mol. The number of carbonyl (C=O) groups excluding carboxylic acids is 1. The summed E-state index contributed by atoms with van der Waals surface area (Å²) in [5, 5.41) is 13.8. The van der Waals surface area contributed by atoms with E-state index >= 15 is 0 Å². The van der Waals surface area contributed by atoms with Gasteiger partial charge < -0.3 is 5.32 Å². The minimum Gasteiger partial charge on any atom is -0.325 e. The van der Waals surface area contributed by atoms with Crippen LogP contribution in [-0.2, 0) is 4.79 Å². The standard InChI is InChI=1S/C29H24ClN3OS/c1-18-8-7-9-19(2)27(18)33-28(34)20(3)35-29-25(17-31)24(21-10-5-4-6-11-21)16-26(32-29)22-12-14-23(30)15-13-22/h4-16,20H,1-3H3,(H,33,34)/t20-/m1/s1. The number of hydrogen-bond acceptors (Lipinski definition) is 4. The number of thioether (sulfide) groups is 1. The molecular formula is C29H24ClN3OS. The molecule has 1 aromatic heterocycles. The summed E-state index contributed by atoms with van der Waals surface area (Å²) in [6.07, 6.45) is 0. The van der Waals surface area contributed by atoms with Crippen molar-refractivity contribution in [3.8, 4) is 28.5 Å². The number of anilines is 1. The van der Waals surface area contributed by atoms with Gasteiger partial charge in [-0.3, -0.25) is 4.79 Å². The van der Waals surface area contributed by atoms with Crippen molar-refractivity contribution >= 4 is 35.0 Å². The zero-order valence-corrected chi connectivity index (χ0v) is 21.2. The fourth-order valence-corrected chi connectivity index (χ4v) is 4.84. The van der Waals surface area contributed by atoms with Gasteiger partial charge in [-0.05, 0) is 55.7 Å². The van der Waals surface area contributed by atoms with Crippen LogP contribution in [0.3, 0.4) is 0 Å². The first-order valence-electron chi connectivity index (χ1n) is 11.2. The maximum atomic E-state index is 13.1. The van der Waals surface area contributed by atoms with Crippen LogP contribution >= 0.6 is 23.4 Å². The highest BCUT2D eigenvalue weighted by Crippen LogP contribution is 2.36. The number of para-hydroxylation sites is 1. The number of aromatic nitrogens is 1. The number of hydrogen-bond donors (Lipinski definition) is 1. The summed E-state index contributed by atoms with van der Waals surface area (Å²) in [5.74, 6) is -0.142. The molecule has 1 N–H and O–H groups in total. The highest BCUT2D eigenvalue weighted by Gasteiger charge is 2.22. The highest BCUT2D eigenvalue weighted by molar-refractivity contribution is 8.00. The van der Waals surface area contributed by atoms with Gasteiger partial charge in [0.05, 0.1) is 16.5 Å². The Hall–Kier alpha value is -3.59. The largest absolute Gasteiger partial charge is 0.325 e. The molecule has 0 bridgehead atoms. The van der Waals surface area contributed by atoms with E-state index in [2.05, 4.69) is 11.4 Å². The van der Waals surface area contributed by atoms with Gasteiger partial charge in [-0.25, -0.2) is 4.98 Å². The molecule has 0 radical (unpaired) electrons. The van der Waals surface area contributed by atoms with Crippen molar-refractivity contribution < 1.29 is 4.79 Å². The van der Waals surface area contributed by atoms with Gasteiger partial charge in [-0.2, -0.15) is 5.26 Å². The highest BCUT2D eigenvalue weighted by atomic mass is 35.5. The average Bonchev–Trinajstić information content (AvgIpc) is 2.86. The van der Waals surface area contributed by atoms with Crippen LogP contribution in [0, 0.1) is 25.2 Å². The number of halogens is 1. The molecule has 174 valence electrons. The van der Waals surface area contributed by atoms with Crippen LogP contribution in [0.15, 0.2) is 83.9 Å². The van der Waals surface area contributed by atoms with Crippen LogP contribution in [0.25, 0.3) is 22.4 Å². The summed E-state index contributed by atoms with van der Waals surface area (Å²) in [6.45, 7) is 5.77. The Balaban J connectivity index is 1.74. The predicted molar refractivity (Wildman–Crippen MR) is 145 cm³/mol. The second-order valence-electron chi connectivity index (χ2n) is 8.24. The Labute approximate surface area is 215 Å². The lowest BCUT2D eigenvalue weighted by Gasteiger charge is -2.17. The number of aryl methyl sites for hydroxylation is 2. The van der Waals surface area contributed by atoms with Gasteiger partial charge in [-0.1, -0.05) is 84.0 Å². The van der Waals surface area contributed by atoms with Gasteiger partial charge >= 0.3 is 0 Å². The van der Waals surface area contributed by atoms with E-state index in [0.29, 0.717) is 21.3 Å².